The van der Waals surface area contributed by atoms with Gasteiger partial charge < -0.3 is 14.8 Å². The van der Waals surface area contributed by atoms with Crippen LogP contribution in [-0.2, 0) is 4.74 Å². The van der Waals surface area contributed by atoms with E-state index in [0.29, 0.717) is 18.7 Å². The first-order chi connectivity index (χ1) is 8.60. The Morgan fingerprint density at radius 1 is 1.50 bits per heavy atom. The van der Waals surface area contributed by atoms with Crippen molar-refractivity contribution in [3.8, 4) is 11.8 Å². The topological polar surface area (TPSA) is 71.3 Å². The van der Waals surface area contributed by atoms with Crippen molar-refractivity contribution in [2.75, 3.05) is 13.2 Å². The number of nitrogens with one attached hydrogen (secondary N) is 1. The van der Waals surface area contributed by atoms with Crippen LogP contribution >= 0.6 is 0 Å². The van der Waals surface area contributed by atoms with E-state index in [4.69, 9.17) is 14.7 Å². The molecule has 1 N–H and O–H groups in total. The van der Waals surface area contributed by atoms with Gasteiger partial charge in [-0.25, -0.2) is 4.79 Å². The van der Waals surface area contributed by atoms with Gasteiger partial charge in [0.25, 0.3) is 0 Å². The highest BCUT2D eigenvalue weighted by molar-refractivity contribution is 5.69. The van der Waals surface area contributed by atoms with Crippen LogP contribution in [0.25, 0.3) is 0 Å². The number of rotatable bonds is 3. The SMILES string of the molecule is Cc1cc(C#N)cc(C)c1OCC1CNC(=O)O1. The van der Waals surface area contributed by atoms with Gasteiger partial charge in [-0.3, -0.25) is 0 Å². The number of benzene rings is 1. The summed E-state index contributed by atoms with van der Waals surface area (Å²) in [5.74, 6) is 0.747. The van der Waals surface area contributed by atoms with Crippen molar-refractivity contribution in [1.29, 1.82) is 5.26 Å². The molecule has 0 aromatic heterocycles. The monoisotopic (exact) mass is 246 g/mol. The third-order valence-corrected chi connectivity index (χ3v) is 2.75. The zero-order valence-corrected chi connectivity index (χ0v) is 10.3. The molecule has 2 rings (SSSR count). The molecule has 1 unspecified atom stereocenters. The van der Waals surface area contributed by atoms with E-state index in [-0.39, 0.29) is 6.10 Å². The average Bonchev–Trinajstić information content (AvgIpc) is 2.73. The number of nitriles is 1. The quantitative estimate of drug-likeness (QED) is 0.880. The fraction of sp³-hybridized carbons (Fsp3) is 0.385. The highest BCUT2D eigenvalue weighted by atomic mass is 16.6. The molecule has 1 heterocycles. The second-order valence-electron chi connectivity index (χ2n) is 4.27. The van der Waals surface area contributed by atoms with Gasteiger partial charge >= 0.3 is 6.09 Å². The average molecular weight is 246 g/mol. The summed E-state index contributed by atoms with van der Waals surface area (Å²) in [4.78, 5) is 10.9. The Morgan fingerprint density at radius 3 is 2.67 bits per heavy atom. The molecule has 1 fully saturated rings. The Labute approximate surface area is 105 Å². The molecule has 1 atom stereocenters. The van der Waals surface area contributed by atoms with E-state index >= 15 is 0 Å². The number of hydrogen-bond acceptors (Lipinski definition) is 4. The second-order valence-corrected chi connectivity index (χ2v) is 4.27. The molecule has 0 saturated carbocycles. The van der Waals surface area contributed by atoms with Crippen LogP contribution in [0.4, 0.5) is 4.79 Å². The molecule has 1 aromatic carbocycles. The Morgan fingerprint density at radius 2 is 2.17 bits per heavy atom. The number of nitrogens with zero attached hydrogens (tertiary/aromatic N) is 1. The Kier molecular flexibility index (Phi) is 3.38. The predicted octanol–water partition coefficient (Wildman–Crippen LogP) is 1.66. The Bertz CT molecular complexity index is 496. The van der Waals surface area contributed by atoms with E-state index in [2.05, 4.69) is 11.4 Å². The normalized spacial score (nSPS) is 17.8. The maximum absolute atomic E-state index is 10.9. The van der Waals surface area contributed by atoms with Crippen molar-refractivity contribution >= 4 is 6.09 Å². The van der Waals surface area contributed by atoms with Crippen LogP contribution in [0.15, 0.2) is 12.1 Å². The summed E-state index contributed by atoms with van der Waals surface area (Å²) in [6.45, 7) is 4.56. The molecule has 0 radical (unpaired) electrons. The second kappa shape index (κ2) is 4.96. The van der Waals surface area contributed by atoms with Gasteiger partial charge in [0, 0.05) is 0 Å². The highest BCUT2D eigenvalue weighted by Gasteiger charge is 2.23. The molecule has 1 saturated heterocycles. The Hall–Kier alpha value is -2.22. The number of ether oxygens (including phenoxy) is 2. The van der Waals surface area contributed by atoms with Gasteiger partial charge in [-0.1, -0.05) is 0 Å². The maximum atomic E-state index is 10.9. The van der Waals surface area contributed by atoms with Crippen molar-refractivity contribution in [1.82, 2.24) is 5.32 Å². The number of carbonyl (C=O) groups is 1. The molecule has 1 aromatic rings. The van der Waals surface area contributed by atoms with Gasteiger partial charge in [0.15, 0.2) is 6.10 Å². The number of amides is 1. The number of alkyl carbamates (subject to hydrolysis) is 1. The van der Waals surface area contributed by atoms with Crippen molar-refractivity contribution in [2.45, 2.75) is 20.0 Å². The van der Waals surface area contributed by atoms with E-state index < -0.39 is 6.09 Å². The molecule has 5 heteroatoms. The molecular formula is C13H14N2O3. The van der Waals surface area contributed by atoms with E-state index in [1.54, 1.807) is 12.1 Å². The number of cyclic esters (lactones) is 1. The zero-order valence-electron chi connectivity index (χ0n) is 10.3. The van der Waals surface area contributed by atoms with Crippen molar-refractivity contribution < 1.29 is 14.3 Å². The summed E-state index contributed by atoms with van der Waals surface area (Å²) in [5.41, 5.74) is 2.43. The standard InChI is InChI=1S/C13H14N2O3/c1-8-3-10(5-14)4-9(2)12(8)17-7-11-6-15-13(16)18-11/h3-4,11H,6-7H2,1-2H3,(H,15,16). The number of hydrogen-bond donors (Lipinski definition) is 1. The lowest BCUT2D eigenvalue weighted by Crippen LogP contribution is -2.22. The summed E-state index contributed by atoms with van der Waals surface area (Å²) >= 11 is 0. The van der Waals surface area contributed by atoms with E-state index in [1.165, 1.54) is 0 Å². The first-order valence-electron chi connectivity index (χ1n) is 5.69. The molecule has 1 amide bonds. The van der Waals surface area contributed by atoms with Gasteiger partial charge in [-0.2, -0.15) is 5.26 Å². The lowest BCUT2D eigenvalue weighted by Gasteiger charge is -2.14. The van der Waals surface area contributed by atoms with Crippen LogP contribution in [0.2, 0.25) is 0 Å². The van der Waals surface area contributed by atoms with Crippen molar-refractivity contribution in [3.05, 3.63) is 28.8 Å². The fourth-order valence-electron chi connectivity index (χ4n) is 1.94. The predicted molar refractivity (Wildman–Crippen MR) is 64.4 cm³/mol. The molecule has 5 nitrogen and oxygen atoms in total. The summed E-state index contributed by atoms with van der Waals surface area (Å²) in [7, 11) is 0. The molecule has 0 spiro atoms. The molecule has 1 aliphatic heterocycles. The fourth-order valence-corrected chi connectivity index (χ4v) is 1.94. The van der Waals surface area contributed by atoms with Crippen molar-refractivity contribution in [2.24, 2.45) is 0 Å². The zero-order chi connectivity index (χ0) is 13.1. The third-order valence-electron chi connectivity index (χ3n) is 2.75. The van der Waals surface area contributed by atoms with Gasteiger partial charge in [-0.05, 0) is 37.1 Å². The van der Waals surface area contributed by atoms with Crippen LogP contribution in [0.5, 0.6) is 5.75 Å². The van der Waals surface area contributed by atoms with Gasteiger partial charge in [0.05, 0.1) is 18.2 Å². The largest absolute Gasteiger partial charge is 0.489 e. The number of aryl methyl sites for hydroxylation is 2. The summed E-state index contributed by atoms with van der Waals surface area (Å²) in [6, 6.07) is 5.66. The summed E-state index contributed by atoms with van der Waals surface area (Å²) < 4.78 is 10.7. The highest BCUT2D eigenvalue weighted by Crippen LogP contribution is 2.25. The molecule has 0 aliphatic carbocycles. The molecule has 1 aliphatic rings. The lowest BCUT2D eigenvalue weighted by atomic mass is 10.1. The molecule has 0 bridgehead atoms. The lowest BCUT2D eigenvalue weighted by molar-refractivity contribution is 0.104. The number of carbonyl (C=O) groups excluding carboxylic acids is 1. The van der Waals surface area contributed by atoms with Gasteiger partial charge in [0.2, 0.25) is 0 Å². The molecule has 18 heavy (non-hydrogen) atoms. The van der Waals surface area contributed by atoms with Crippen LogP contribution in [0, 0.1) is 25.2 Å². The first-order valence-corrected chi connectivity index (χ1v) is 5.69. The van der Waals surface area contributed by atoms with Crippen LogP contribution in [0.3, 0.4) is 0 Å². The van der Waals surface area contributed by atoms with E-state index in [1.807, 2.05) is 13.8 Å². The third kappa shape index (κ3) is 2.54. The van der Waals surface area contributed by atoms with E-state index in [0.717, 1.165) is 16.9 Å². The van der Waals surface area contributed by atoms with Crippen LogP contribution in [0.1, 0.15) is 16.7 Å². The minimum Gasteiger partial charge on any atom is -0.489 e. The maximum Gasteiger partial charge on any atom is 0.407 e. The minimum atomic E-state index is -0.406. The minimum absolute atomic E-state index is 0.257. The summed E-state index contributed by atoms with van der Waals surface area (Å²) in [5, 5.41) is 11.4. The molecular weight excluding hydrogens is 232 g/mol. The van der Waals surface area contributed by atoms with E-state index in [9.17, 15) is 4.79 Å². The smallest absolute Gasteiger partial charge is 0.407 e. The first kappa shape index (κ1) is 12.2. The van der Waals surface area contributed by atoms with Crippen LogP contribution in [-0.4, -0.2) is 25.3 Å². The van der Waals surface area contributed by atoms with Crippen LogP contribution < -0.4 is 10.1 Å². The van der Waals surface area contributed by atoms with Gasteiger partial charge in [0.1, 0.15) is 12.4 Å². The Balaban J connectivity index is 2.06. The van der Waals surface area contributed by atoms with Gasteiger partial charge in [-0.15, -0.1) is 0 Å². The van der Waals surface area contributed by atoms with Crippen molar-refractivity contribution in [3.63, 3.8) is 0 Å². The molecule has 94 valence electrons. The summed E-state index contributed by atoms with van der Waals surface area (Å²) in [6.07, 6.45) is -0.663.